The summed E-state index contributed by atoms with van der Waals surface area (Å²) in [5.74, 6) is 1.25. The first-order valence-electron chi connectivity index (χ1n) is 6.41. The fourth-order valence-corrected chi connectivity index (χ4v) is 2.81. The molecule has 4 rings (SSSR count). The van der Waals surface area contributed by atoms with E-state index in [-0.39, 0.29) is 11.7 Å². The Balaban J connectivity index is 1.85. The molecule has 0 amide bonds. The molecule has 1 heterocycles. The van der Waals surface area contributed by atoms with Gasteiger partial charge in [0.1, 0.15) is 12.4 Å². The molecule has 0 N–H and O–H groups in total. The van der Waals surface area contributed by atoms with Crippen LogP contribution in [0.1, 0.15) is 0 Å². The topological polar surface area (TPSA) is 26.3 Å². The standard InChI is InChI=1S/C17H12O2/c18-15-6-5-12-8-13-4-3-11-2-1-7-19-17(11)16(13)10-14(12)9-15/h1-6,8-10,13H,7H2. The van der Waals surface area contributed by atoms with E-state index in [1.165, 1.54) is 0 Å². The second-order valence-electron chi connectivity index (χ2n) is 4.94. The highest BCUT2D eigenvalue weighted by molar-refractivity contribution is 6.03. The number of fused-ring (bicyclic) bond motifs is 3. The first-order chi connectivity index (χ1) is 9.31. The molecule has 0 spiro atoms. The lowest BCUT2D eigenvalue weighted by Gasteiger charge is -2.29. The number of hydrogen-bond acceptors (Lipinski definition) is 2. The second kappa shape index (κ2) is 3.82. The average Bonchev–Trinajstić information content (AvgIpc) is 2.45. The molecule has 0 saturated carbocycles. The zero-order valence-electron chi connectivity index (χ0n) is 10.3. The van der Waals surface area contributed by atoms with Crippen LogP contribution < -0.4 is 0 Å². The molecule has 0 fully saturated rings. The maximum atomic E-state index is 11.5. The van der Waals surface area contributed by atoms with Crippen LogP contribution in [0.3, 0.4) is 0 Å². The summed E-state index contributed by atoms with van der Waals surface area (Å²) in [6.45, 7) is 0.616. The summed E-state index contributed by atoms with van der Waals surface area (Å²) in [5.41, 5.74) is 4.37. The third kappa shape index (κ3) is 1.60. The Morgan fingerprint density at radius 2 is 2.00 bits per heavy atom. The maximum Gasteiger partial charge on any atom is 0.179 e. The van der Waals surface area contributed by atoms with Crippen molar-refractivity contribution in [2.45, 2.75) is 0 Å². The van der Waals surface area contributed by atoms with Crippen LogP contribution >= 0.6 is 0 Å². The predicted molar refractivity (Wildman–Crippen MR) is 73.1 cm³/mol. The second-order valence-corrected chi connectivity index (χ2v) is 4.94. The smallest absolute Gasteiger partial charge is 0.179 e. The molecule has 0 aromatic heterocycles. The first kappa shape index (κ1) is 10.6. The molecular weight excluding hydrogens is 236 g/mol. The number of rotatable bonds is 0. The maximum absolute atomic E-state index is 11.5. The summed E-state index contributed by atoms with van der Waals surface area (Å²) in [4.78, 5) is 11.5. The Morgan fingerprint density at radius 1 is 1.05 bits per heavy atom. The normalized spacial score (nSPS) is 26.8. The SMILES string of the molecule is O=C1C=CC2=CC3C=CC4=C(OCC=C4)C3=CC2=C1. The van der Waals surface area contributed by atoms with Crippen molar-refractivity contribution in [3.63, 3.8) is 0 Å². The molecule has 0 aromatic carbocycles. The molecule has 2 heteroatoms. The number of carbonyl (C=O) groups is 1. The minimum absolute atomic E-state index is 0.0486. The van der Waals surface area contributed by atoms with Crippen LogP contribution in [0.5, 0.6) is 0 Å². The number of ketones is 1. The van der Waals surface area contributed by atoms with Crippen LogP contribution in [-0.2, 0) is 9.53 Å². The summed E-state index contributed by atoms with van der Waals surface area (Å²) in [7, 11) is 0. The average molecular weight is 248 g/mol. The van der Waals surface area contributed by atoms with Gasteiger partial charge in [0.2, 0.25) is 0 Å². The number of allylic oxidation sites excluding steroid dienone is 12. The van der Waals surface area contributed by atoms with E-state index in [9.17, 15) is 4.79 Å². The Labute approximate surface area is 111 Å². The predicted octanol–water partition coefficient (Wildman–Crippen LogP) is 2.94. The van der Waals surface area contributed by atoms with Gasteiger partial charge < -0.3 is 4.74 Å². The van der Waals surface area contributed by atoms with E-state index < -0.39 is 0 Å². The van der Waals surface area contributed by atoms with Crippen LogP contribution in [-0.4, -0.2) is 12.4 Å². The lowest BCUT2D eigenvalue weighted by atomic mass is 9.79. The van der Waals surface area contributed by atoms with Gasteiger partial charge in [-0.2, -0.15) is 0 Å². The Morgan fingerprint density at radius 3 is 2.95 bits per heavy atom. The minimum atomic E-state index is 0.0486. The van der Waals surface area contributed by atoms with Gasteiger partial charge in [0.25, 0.3) is 0 Å². The molecular formula is C17H12O2. The van der Waals surface area contributed by atoms with E-state index in [1.54, 1.807) is 12.2 Å². The van der Waals surface area contributed by atoms with Gasteiger partial charge in [-0.15, -0.1) is 0 Å². The van der Waals surface area contributed by atoms with Gasteiger partial charge in [0, 0.05) is 17.1 Å². The van der Waals surface area contributed by atoms with Crippen molar-refractivity contribution in [3.8, 4) is 0 Å². The molecule has 0 bridgehead atoms. The highest BCUT2D eigenvalue weighted by atomic mass is 16.5. The minimum Gasteiger partial charge on any atom is -0.489 e. The molecule has 1 aliphatic heterocycles. The molecule has 2 nitrogen and oxygen atoms in total. The van der Waals surface area contributed by atoms with Crippen molar-refractivity contribution in [2.24, 2.45) is 5.92 Å². The van der Waals surface area contributed by atoms with E-state index in [2.05, 4.69) is 30.4 Å². The molecule has 0 saturated heterocycles. The Bertz CT molecular complexity index is 691. The summed E-state index contributed by atoms with van der Waals surface area (Å²) >= 11 is 0. The molecule has 0 aromatic rings. The van der Waals surface area contributed by atoms with Gasteiger partial charge in [-0.3, -0.25) is 4.79 Å². The van der Waals surface area contributed by atoms with Crippen molar-refractivity contribution in [3.05, 3.63) is 82.7 Å². The van der Waals surface area contributed by atoms with Crippen LogP contribution in [0.25, 0.3) is 0 Å². The Kier molecular flexibility index (Phi) is 2.12. The van der Waals surface area contributed by atoms with Gasteiger partial charge in [-0.05, 0) is 35.5 Å². The molecule has 92 valence electrons. The zero-order chi connectivity index (χ0) is 12.8. The van der Waals surface area contributed by atoms with Crippen LogP contribution in [0.15, 0.2) is 82.7 Å². The fraction of sp³-hybridized carbons (Fsp3) is 0.118. The fourth-order valence-electron chi connectivity index (χ4n) is 2.81. The first-order valence-corrected chi connectivity index (χ1v) is 6.41. The third-order valence-corrected chi connectivity index (χ3v) is 3.72. The van der Waals surface area contributed by atoms with Gasteiger partial charge in [0.15, 0.2) is 5.78 Å². The van der Waals surface area contributed by atoms with Crippen molar-refractivity contribution in [2.75, 3.05) is 6.61 Å². The molecule has 1 unspecified atom stereocenters. The van der Waals surface area contributed by atoms with Crippen LogP contribution in [0.2, 0.25) is 0 Å². The lowest BCUT2D eigenvalue weighted by molar-refractivity contribution is -0.110. The summed E-state index contributed by atoms with van der Waals surface area (Å²) in [6.07, 6.45) is 17.9. The van der Waals surface area contributed by atoms with E-state index in [4.69, 9.17) is 4.74 Å². The van der Waals surface area contributed by atoms with Gasteiger partial charge in [-0.25, -0.2) is 0 Å². The summed E-state index contributed by atoms with van der Waals surface area (Å²) < 4.78 is 5.77. The summed E-state index contributed by atoms with van der Waals surface area (Å²) in [5, 5.41) is 0. The highest BCUT2D eigenvalue weighted by Crippen LogP contribution is 2.39. The monoisotopic (exact) mass is 248 g/mol. The van der Waals surface area contributed by atoms with Gasteiger partial charge in [0.05, 0.1) is 0 Å². The van der Waals surface area contributed by atoms with Crippen molar-refractivity contribution >= 4 is 5.78 Å². The lowest BCUT2D eigenvalue weighted by Crippen LogP contribution is -2.17. The largest absolute Gasteiger partial charge is 0.489 e. The molecule has 1 atom stereocenters. The number of hydrogen-bond donors (Lipinski definition) is 0. The van der Waals surface area contributed by atoms with Crippen LogP contribution in [0.4, 0.5) is 0 Å². The zero-order valence-corrected chi connectivity index (χ0v) is 10.3. The Hall–Kier alpha value is -2.35. The van der Waals surface area contributed by atoms with Crippen molar-refractivity contribution in [1.29, 1.82) is 0 Å². The van der Waals surface area contributed by atoms with Crippen molar-refractivity contribution < 1.29 is 9.53 Å². The molecule has 4 aliphatic rings. The van der Waals surface area contributed by atoms with E-state index in [0.717, 1.165) is 28.1 Å². The van der Waals surface area contributed by atoms with Gasteiger partial charge >= 0.3 is 0 Å². The highest BCUT2D eigenvalue weighted by Gasteiger charge is 2.27. The number of ether oxygens (including phenoxy) is 1. The van der Waals surface area contributed by atoms with E-state index >= 15 is 0 Å². The van der Waals surface area contributed by atoms with E-state index in [1.807, 2.05) is 12.2 Å². The summed E-state index contributed by atoms with van der Waals surface area (Å²) in [6, 6.07) is 0. The van der Waals surface area contributed by atoms with E-state index in [0.29, 0.717) is 6.61 Å². The number of carbonyl (C=O) groups excluding carboxylic acids is 1. The van der Waals surface area contributed by atoms with Crippen molar-refractivity contribution in [1.82, 2.24) is 0 Å². The van der Waals surface area contributed by atoms with Gasteiger partial charge in [-0.1, -0.05) is 30.4 Å². The molecule has 19 heavy (non-hydrogen) atoms. The molecule has 0 radical (unpaired) electrons. The molecule has 3 aliphatic carbocycles. The third-order valence-electron chi connectivity index (χ3n) is 3.72. The quantitative estimate of drug-likeness (QED) is 0.659. The van der Waals surface area contributed by atoms with Crippen LogP contribution in [0, 0.1) is 5.92 Å².